The van der Waals surface area contributed by atoms with Crippen LogP contribution in [0.2, 0.25) is 0 Å². The van der Waals surface area contributed by atoms with E-state index in [1.165, 1.54) is 50.5 Å². The van der Waals surface area contributed by atoms with Crippen molar-refractivity contribution in [3.8, 4) is 0 Å². The van der Waals surface area contributed by atoms with Crippen LogP contribution < -0.4 is 5.32 Å². The van der Waals surface area contributed by atoms with Crippen LogP contribution in [-0.2, 0) is 0 Å². The quantitative estimate of drug-likeness (QED) is 0.702. The summed E-state index contributed by atoms with van der Waals surface area (Å²) in [6, 6.07) is 0.546. The second-order valence-electron chi connectivity index (χ2n) is 9.23. The maximum absolute atomic E-state index is 4.35. The topological polar surface area (TPSA) is 12.0 Å². The molecular weight excluding hydrogens is 242 g/mol. The summed E-state index contributed by atoms with van der Waals surface area (Å²) in [4.78, 5) is 0. The fourth-order valence-electron chi connectivity index (χ4n) is 7.06. The average Bonchev–Trinajstić information content (AvgIpc) is 2.23. The lowest BCUT2D eigenvalue weighted by atomic mass is 9.39. The van der Waals surface area contributed by atoms with Gasteiger partial charge in [-0.05, 0) is 80.6 Å². The summed E-state index contributed by atoms with van der Waals surface area (Å²) in [5.74, 6) is 0.978. The van der Waals surface area contributed by atoms with Crippen molar-refractivity contribution in [3.63, 3.8) is 0 Å². The molecule has 4 aliphatic rings. The van der Waals surface area contributed by atoms with Gasteiger partial charge in [0.1, 0.15) is 0 Å². The highest BCUT2D eigenvalue weighted by molar-refractivity contribution is 5.19. The lowest BCUT2D eigenvalue weighted by Gasteiger charge is -2.67. The molecule has 114 valence electrons. The van der Waals surface area contributed by atoms with Crippen molar-refractivity contribution in [1.29, 1.82) is 0 Å². The van der Waals surface area contributed by atoms with Crippen molar-refractivity contribution in [3.05, 3.63) is 12.2 Å². The Hall–Kier alpha value is -0.300. The molecule has 4 saturated carbocycles. The van der Waals surface area contributed by atoms with E-state index in [0.29, 0.717) is 22.3 Å². The average molecular weight is 275 g/mol. The normalized spacial score (nSPS) is 47.5. The first kappa shape index (κ1) is 14.6. The molecule has 1 N–H and O–H groups in total. The van der Waals surface area contributed by atoms with E-state index < -0.39 is 0 Å². The monoisotopic (exact) mass is 275 g/mol. The van der Waals surface area contributed by atoms with Gasteiger partial charge in [-0.3, -0.25) is 0 Å². The van der Waals surface area contributed by atoms with Crippen LogP contribution in [0.4, 0.5) is 0 Å². The molecule has 0 amide bonds. The van der Waals surface area contributed by atoms with Gasteiger partial charge in [-0.2, -0.15) is 0 Å². The molecule has 1 nitrogen and oxygen atoms in total. The largest absolute Gasteiger partial charge is 0.310 e. The molecule has 1 heteroatoms. The smallest absolute Gasteiger partial charge is 0.0331 e. The van der Waals surface area contributed by atoms with Gasteiger partial charge in [0.15, 0.2) is 0 Å². The fourth-order valence-corrected chi connectivity index (χ4v) is 7.06. The number of rotatable bonds is 5. The van der Waals surface area contributed by atoms with Gasteiger partial charge < -0.3 is 5.32 Å². The predicted octanol–water partition coefficient (Wildman–Crippen LogP) is 4.93. The Bertz CT molecular complexity index is 392. The summed E-state index contributed by atoms with van der Waals surface area (Å²) < 4.78 is 0. The first-order chi connectivity index (χ1) is 9.30. The Morgan fingerprint density at radius 3 is 2.20 bits per heavy atom. The second-order valence-corrected chi connectivity index (χ2v) is 9.23. The first-order valence-corrected chi connectivity index (χ1v) is 8.69. The predicted molar refractivity (Wildman–Crippen MR) is 86.7 cm³/mol. The molecule has 0 aromatic carbocycles. The fraction of sp³-hybridized carbons (Fsp3) is 0.895. The van der Waals surface area contributed by atoms with Crippen molar-refractivity contribution in [1.82, 2.24) is 5.32 Å². The third-order valence-corrected chi connectivity index (χ3v) is 6.37. The van der Waals surface area contributed by atoms with Crippen LogP contribution in [0.1, 0.15) is 72.6 Å². The minimum atomic E-state index is 0.504. The van der Waals surface area contributed by atoms with Crippen molar-refractivity contribution >= 4 is 0 Å². The van der Waals surface area contributed by atoms with Crippen LogP contribution >= 0.6 is 0 Å². The Labute approximate surface area is 125 Å². The van der Waals surface area contributed by atoms with Crippen molar-refractivity contribution < 1.29 is 0 Å². The van der Waals surface area contributed by atoms with E-state index in [4.69, 9.17) is 0 Å². The van der Waals surface area contributed by atoms with E-state index in [0.717, 1.165) is 12.5 Å². The third kappa shape index (κ3) is 2.26. The summed E-state index contributed by atoms with van der Waals surface area (Å²) in [6.45, 7) is 15.1. The summed E-state index contributed by atoms with van der Waals surface area (Å²) in [6.07, 6.45) is 9.97. The van der Waals surface area contributed by atoms with Gasteiger partial charge in [0.05, 0.1) is 0 Å². The summed E-state index contributed by atoms with van der Waals surface area (Å²) >= 11 is 0. The molecule has 0 heterocycles. The van der Waals surface area contributed by atoms with Crippen molar-refractivity contribution in [2.45, 2.75) is 78.7 Å². The Balaban J connectivity index is 1.92. The van der Waals surface area contributed by atoms with E-state index in [1.54, 1.807) is 0 Å². The molecule has 0 saturated heterocycles. The maximum Gasteiger partial charge on any atom is 0.0331 e. The summed E-state index contributed by atoms with van der Waals surface area (Å²) in [5.41, 5.74) is 3.09. The van der Waals surface area contributed by atoms with Crippen molar-refractivity contribution in [2.24, 2.45) is 22.2 Å². The van der Waals surface area contributed by atoms with E-state index in [1.807, 2.05) is 0 Å². The van der Waals surface area contributed by atoms with Gasteiger partial charge >= 0.3 is 0 Å². The number of hydrogen-bond acceptors (Lipinski definition) is 1. The second kappa shape index (κ2) is 4.60. The summed E-state index contributed by atoms with van der Waals surface area (Å²) in [7, 11) is 0. The summed E-state index contributed by atoms with van der Waals surface area (Å²) in [5, 5.41) is 3.86. The third-order valence-electron chi connectivity index (χ3n) is 6.37. The van der Waals surface area contributed by atoms with Crippen LogP contribution in [0, 0.1) is 22.2 Å². The highest BCUT2D eigenvalue weighted by atomic mass is 14.9. The maximum atomic E-state index is 4.35. The molecule has 4 fully saturated rings. The molecular formula is C19H33N. The van der Waals surface area contributed by atoms with E-state index in [2.05, 4.69) is 39.6 Å². The first-order valence-electron chi connectivity index (χ1n) is 8.69. The molecule has 0 aromatic heterocycles. The number of hydrogen-bond donors (Lipinski definition) is 1. The molecule has 0 aromatic rings. The molecule has 3 unspecified atom stereocenters. The van der Waals surface area contributed by atoms with Crippen LogP contribution in [0.15, 0.2) is 12.2 Å². The molecule has 4 bridgehead atoms. The van der Waals surface area contributed by atoms with Gasteiger partial charge in [0.25, 0.3) is 0 Å². The van der Waals surface area contributed by atoms with Crippen LogP contribution in [-0.4, -0.2) is 12.6 Å². The van der Waals surface area contributed by atoms with Crippen LogP contribution in [0.3, 0.4) is 0 Å². The van der Waals surface area contributed by atoms with Gasteiger partial charge in [-0.15, -0.1) is 0 Å². The standard InChI is InChI=1S/C19H33N/c1-6-7-20-16(14(2)3)19-10-15-8-17(4,12-19)11-18(5,9-15)13-19/h15-16,20H,2,6-13H2,1,3-5H3. The van der Waals surface area contributed by atoms with Gasteiger partial charge in [0, 0.05) is 6.04 Å². The van der Waals surface area contributed by atoms with E-state index in [-0.39, 0.29) is 0 Å². The van der Waals surface area contributed by atoms with Crippen LogP contribution in [0.25, 0.3) is 0 Å². The zero-order chi connectivity index (χ0) is 14.6. The Morgan fingerprint density at radius 1 is 1.15 bits per heavy atom. The zero-order valence-electron chi connectivity index (χ0n) is 14.0. The highest BCUT2D eigenvalue weighted by Crippen LogP contribution is 2.70. The Kier molecular flexibility index (Phi) is 3.36. The molecule has 3 atom stereocenters. The molecule has 0 spiro atoms. The van der Waals surface area contributed by atoms with Gasteiger partial charge in [0.2, 0.25) is 0 Å². The Morgan fingerprint density at radius 2 is 1.75 bits per heavy atom. The SMILES string of the molecule is C=C(C)C(NCCC)C12CC3CC(C)(CC(C)(C3)C1)C2. The number of nitrogens with one attached hydrogen (secondary N) is 1. The molecule has 0 radical (unpaired) electrons. The molecule has 0 aliphatic heterocycles. The van der Waals surface area contributed by atoms with Crippen molar-refractivity contribution in [2.75, 3.05) is 6.54 Å². The van der Waals surface area contributed by atoms with E-state index >= 15 is 0 Å². The zero-order valence-corrected chi connectivity index (χ0v) is 14.0. The molecule has 20 heavy (non-hydrogen) atoms. The van der Waals surface area contributed by atoms with Gasteiger partial charge in [-0.1, -0.05) is 32.9 Å². The lowest BCUT2D eigenvalue weighted by molar-refractivity contribution is -0.153. The minimum absolute atomic E-state index is 0.504. The molecule has 4 aliphatic carbocycles. The lowest BCUT2D eigenvalue weighted by Crippen LogP contribution is -2.61. The van der Waals surface area contributed by atoms with E-state index in [9.17, 15) is 0 Å². The minimum Gasteiger partial charge on any atom is -0.310 e. The van der Waals surface area contributed by atoms with Crippen LogP contribution in [0.5, 0.6) is 0 Å². The molecule has 4 rings (SSSR count). The highest BCUT2D eigenvalue weighted by Gasteiger charge is 2.62. The van der Waals surface area contributed by atoms with Gasteiger partial charge in [-0.25, -0.2) is 0 Å².